The van der Waals surface area contributed by atoms with E-state index in [1.807, 2.05) is 25.1 Å². The lowest BCUT2D eigenvalue weighted by atomic mass is 10.2. The predicted octanol–water partition coefficient (Wildman–Crippen LogP) is 1.15. The number of hydrogen-bond donors (Lipinski definition) is 1. The maximum atomic E-state index is 11.9. The molecule has 0 aliphatic rings. The highest BCUT2D eigenvalue weighted by Crippen LogP contribution is 2.13. The summed E-state index contributed by atoms with van der Waals surface area (Å²) in [4.78, 5) is 23.3. The molecule has 0 heterocycles. The van der Waals surface area contributed by atoms with Gasteiger partial charge in [0.05, 0.1) is 6.61 Å². The number of ether oxygens (including phenoxy) is 3. The molecule has 21 heavy (non-hydrogen) atoms. The molecule has 1 N–H and O–H groups in total. The molecular formula is C15H21NO5. The van der Waals surface area contributed by atoms with Crippen LogP contribution in [0.15, 0.2) is 30.3 Å². The maximum absolute atomic E-state index is 11.9. The summed E-state index contributed by atoms with van der Waals surface area (Å²) < 4.78 is 15.3. The second-order valence-electron chi connectivity index (χ2n) is 4.28. The Hall–Kier alpha value is -2.08. The highest BCUT2D eigenvalue weighted by Gasteiger charge is 2.20. The Kier molecular flexibility index (Phi) is 7.89. The van der Waals surface area contributed by atoms with Crippen molar-refractivity contribution >= 4 is 11.9 Å². The van der Waals surface area contributed by atoms with Gasteiger partial charge in [-0.3, -0.25) is 4.79 Å². The first-order valence-electron chi connectivity index (χ1n) is 6.81. The standard InChI is InChI=1S/C15H21NO5/c1-3-13(21-12-7-5-4-6-8-12)15(18)20-11-14(17)16-9-10-19-2/h4-8,13H,3,9-11H2,1-2H3,(H,16,17)/t13-/m1/s1. The number of amides is 1. The summed E-state index contributed by atoms with van der Waals surface area (Å²) in [6.45, 7) is 2.28. The minimum Gasteiger partial charge on any atom is -0.479 e. The Morgan fingerprint density at radius 3 is 2.57 bits per heavy atom. The summed E-state index contributed by atoms with van der Waals surface area (Å²) in [5.74, 6) is -0.330. The summed E-state index contributed by atoms with van der Waals surface area (Å²) in [7, 11) is 1.54. The molecule has 0 bridgehead atoms. The molecule has 0 radical (unpaired) electrons. The lowest BCUT2D eigenvalue weighted by Crippen LogP contribution is -2.35. The Morgan fingerprint density at radius 2 is 1.95 bits per heavy atom. The summed E-state index contributed by atoms with van der Waals surface area (Å²) in [6, 6.07) is 9.00. The Morgan fingerprint density at radius 1 is 1.24 bits per heavy atom. The van der Waals surface area contributed by atoms with E-state index in [9.17, 15) is 9.59 Å². The number of rotatable bonds is 9. The Balaban J connectivity index is 2.36. The Bertz CT molecular complexity index is 435. The van der Waals surface area contributed by atoms with Crippen LogP contribution < -0.4 is 10.1 Å². The topological polar surface area (TPSA) is 73.9 Å². The fourth-order valence-electron chi connectivity index (χ4n) is 1.53. The van der Waals surface area contributed by atoms with E-state index in [0.29, 0.717) is 25.3 Å². The van der Waals surface area contributed by atoms with Crippen LogP contribution in [0.4, 0.5) is 0 Å². The Labute approximate surface area is 124 Å². The van der Waals surface area contributed by atoms with E-state index in [-0.39, 0.29) is 12.5 Å². The predicted molar refractivity (Wildman–Crippen MR) is 77.0 cm³/mol. The van der Waals surface area contributed by atoms with Crippen molar-refractivity contribution < 1.29 is 23.8 Å². The van der Waals surface area contributed by atoms with Gasteiger partial charge < -0.3 is 19.5 Å². The van der Waals surface area contributed by atoms with Crippen LogP contribution in [-0.2, 0) is 19.1 Å². The van der Waals surface area contributed by atoms with Crippen LogP contribution in [0.2, 0.25) is 0 Å². The molecular weight excluding hydrogens is 274 g/mol. The number of para-hydroxylation sites is 1. The summed E-state index contributed by atoms with van der Waals surface area (Å²) in [5, 5.41) is 2.56. The van der Waals surface area contributed by atoms with Gasteiger partial charge in [-0.2, -0.15) is 0 Å². The van der Waals surface area contributed by atoms with Crippen LogP contribution in [0.25, 0.3) is 0 Å². The lowest BCUT2D eigenvalue weighted by Gasteiger charge is -2.16. The van der Waals surface area contributed by atoms with Gasteiger partial charge in [-0.15, -0.1) is 0 Å². The summed E-state index contributed by atoms with van der Waals surface area (Å²) in [5.41, 5.74) is 0. The molecule has 1 amide bonds. The minimum atomic E-state index is -0.723. The van der Waals surface area contributed by atoms with E-state index >= 15 is 0 Å². The fourth-order valence-corrected chi connectivity index (χ4v) is 1.53. The highest BCUT2D eigenvalue weighted by atomic mass is 16.6. The third-order valence-corrected chi connectivity index (χ3v) is 2.63. The van der Waals surface area contributed by atoms with Crippen molar-refractivity contribution in [3.8, 4) is 5.75 Å². The van der Waals surface area contributed by atoms with E-state index < -0.39 is 12.1 Å². The number of carbonyl (C=O) groups is 2. The third-order valence-electron chi connectivity index (χ3n) is 2.63. The van der Waals surface area contributed by atoms with Gasteiger partial charge in [0.25, 0.3) is 5.91 Å². The van der Waals surface area contributed by atoms with Gasteiger partial charge >= 0.3 is 5.97 Å². The van der Waals surface area contributed by atoms with E-state index in [1.54, 1.807) is 19.2 Å². The van der Waals surface area contributed by atoms with Crippen molar-refractivity contribution in [2.75, 3.05) is 26.9 Å². The van der Waals surface area contributed by atoms with Crippen molar-refractivity contribution in [2.24, 2.45) is 0 Å². The molecule has 0 aromatic heterocycles. The molecule has 0 unspecified atom stereocenters. The smallest absolute Gasteiger partial charge is 0.347 e. The van der Waals surface area contributed by atoms with Crippen LogP contribution >= 0.6 is 0 Å². The molecule has 0 spiro atoms. The molecule has 1 rings (SSSR count). The van der Waals surface area contributed by atoms with E-state index in [2.05, 4.69) is 5.32 Å². The number of hydrogen-bond acceptors (Lipinski definition) is 5. The zero-order valence-corrected chi connectivity index (χ0v) is 12.3. The van der Waals surface area contributed by atoms with Crippen molar-refractivity contribution in [1.29, 1.82) is 0 Å². The molecule has 1 atom stereocenters. The minimum absolute atomic E-state index is 0.322. The summed E-state index contributed by atoms with van der Waals surface area (Å²) in [6.07, 6.45) is -0.266. The monoisotopic (exact) mass is 295 g/mol. The molecule has 0 saturated heterocycles. The molecule has 6 nitrogen and oxygen atoms in total. The molecule has 6 heteroatoms. The number of nitrogens with one attached hydrogen (secondary N) is 1. The second kappa shape index (κ2) is 9.77. The zero-order chi connectivity index (χ0) is 15.5. The molecule has 116 valence electrons. The van der Waals surface area contributed by atoms with Gasteiger partial charge in [0.15, 0.2) is 12.7 Å². The summed E-state index contributed by atoms with van der Waals surface area (Å²) >= 11 is 0. The van der Waals surface area contributed by atoms with Crippen LogP contribution in [0.3, 0.4) is 0 Å². The lowest BCUT2D eigenvalue weighted by molar-refractivity contribution is -0.155. The van der Waals surface area contributed by atoms with E-state index in [4.69, 9.17) is 14.2 Å². The quantitative estimate of drug-likeness (QED) is 0.546. The first-order chi connectivity index (χ1) is 10.2. The number of carbonyl (C=O) groups excluding carboxylic acids is 2. The van der Waals surface area contributed by atoms with Crippen molar-refractivity contribution in [3.05, 3.63) is 30.3 Å². The molecule has 0 fully saturated rings. The molecule has 1 aromatic rings. The van der Waals surface area contributed by atoms with E-state index in [1.165, 1.54) is 0 Å². The fraction of sp³-hybridized carbons (Fsp3) is 0.467. The normalized spacial score (nSPS) is 11.5. The van der Waals surface area contributed by atoms with E-state index in [0.717, 1.165) is 0 Å². The van der Waals surface area contributed by atoms with Crippen molar-refractivity contribution in [2.45, 2.75) is 19.4 Å². The van der Waals surface area contributed by atoms with Crippen molar-refractivity contribution in [1.82, 2.24) is 5.32 Å². The van der Waals surface area contributed by atoms with Crippen LogP contribution in [0, 0.1) is 0 Å². The molecule has 0 aliphatic heterocycles. The highest BCUT2D eigenvalue weighted by molar-refractivity contribution is 5.82. The van der Waals surface area contributed by atoms with Gasteiger partial charge in [-0.05, 0) is 18.6 Å². The average Bonchev–Trinajstić information content (AvgIpc) is 2.51. The molecule has 0 aliphatic carbocycles. The first kappa shape index (κ1) is 17.0. The number of methoxy groups -OCH3 is 1. The van der Waals surface area contributed by atoms with Gasteiger partial charge in [0.1, 0.15) is 5.75 Å². The van der Waals surface area contributed by atoms with Crippen molar-refractivity contribution in [3.63, 3.8) is 0 Å². The van der Waals surface area contributed by atoms with Gasteiger partial charge in [0, 0.05) is 13.7 Å². The number of esters is 1. The van der Waals surface area contributed by atoms with Crippen LogP contribution in [-0.4, -0.2) is 44.8 Å². The molecule has 1 aromatic carbocycles. The van der Waals surface area contributed by atoms with Crippen LogP contribution in [0.5, 0.6) is 5.75 Å². The van der Waals surface area contributed by atoms with Gasteiger partial charge in [0.2, 0.25) is 0 Å². The SMILES string of the molecule is CC[C@@H](Oc1ccccc1)C(=O)OCC(=O)NCCOC. The maximum Gasteiger partial charge on any atom is 0.347 e. The van der Waals surface area contributed by atoms with Gasteiger partial charge in [-0.1, -0.05) is 25.1 Å². The van der Waals surface area contributed by atoms with Gasteiger partial charge in [-0.25, -0.2) is 4.79 Å². The largest absolute Gasteiger partial charge is 0.479 e. The second-order valence-corrected chi connectivity index (χ2v) is 4.28. The average molecular weight is 295 g/mol. The van der Waals surface area contributed by atoms with Crippen LogP contribution in [0.1, 0.15) is 13.3 Å². The number of benzene rings is 1. The zero-order valence-electron chi connectivity index (χ0n) is 12.3. The molecule has 0 saturated carbocycles. The third kappa shape index (κ3) is 6.76. The first-order valence-corrected chi connectivity index (χ1v) is 6.81.